The molecular formula is C31H39NO2. The predicted molar refractivity (Wildman–Crippen MR) is 139 cm³/mol. The minimum atomic E-state index is -0.0458. The van der Waals surface area contributed by atoms with Gasteiger partial charge in [0.2, 0.25) is 0 Å². The monoisotopic (exact) mass is 457 g/mol. The number of morpholine rings is 1. The summed E-state index contributed by atoms with van der Waals surface area (Å²) in [6.45, 7) is 15.0. The summed E-state index contributed by atoms with van der Waals surface area (Å²) in [6.07, 6.45) is 8.36. The van der Waals surface area contributed by atoms with Gasteiger partial charge in [-0.2, -0.15) is 0 Å². The molecular weight excluding hydrogens is 418 g/mol. The molecule has 2 aliphatic carbocycles. The van der Waals surface area contributed by atoms with E-state index in [9.17, 15) is 4.79 Å². The molecule has 3 aliphatic rings. The normalized spacial score (nSPS) is 22.4. The van der Waals surface area contributed by atoms with E-state index < -0.39 is 0 Å². The van der Waals surface area contributed by atoms with Crippen molar-refractivity contribution < 1.29 is 9.53 Å². The lowest BCUT2D eigenvalue weighted by molar-refractivity contribution is 0.0591. The fourth-order valence-corrected chi connectivity index (χ4v) is 6.15. The van der Waals surface area contributed by atoms with Crippen LogP contribution in [0.3, 0.4) is 0 Å². The summed E-state index contributed by atoms with van der Waals surface area (Å²) in [4.78, 5) is 15.6. The van der Waals surface area contributed by atoms with Crippen LogP contribution in [0.2, 0.25) is 0 Å². The number of ketones is 1. The number of allylic oxidation sites excluding steroid dienone is 1. The standard InChI is InChI=1S/C31H39NO2/c1-22-20-26-27(30(4,5)12-11-29(26,2)3)21-25(22)31(13-14-31)24-9-7-6-8-23(24)28(33)10-15-32-16-18-34-19-17-32/h6-10,15,20-21H,11-14,16-19H2,1-5H3. The van der Waals surface area contributed by atoms with Gasteiger partial charge in [-0.25, -0.2) is 0 Å². The van der Waals surface area contributed by atoms with Crippen LogP contribution in [0.15, 0.2) is 48.7 Å². The highest BCUT2D eigenvalue weighted by molar-refractivity contribution is 6.06. The Hall–Kier alpha value is -2.39. The number of rotatable bonds is 5. The van der Waals surface area contributed by atoms with Crippen molar-refractivity contribution in [2.75, 3.05) is 26.3 Å². The van der Waals surface area contributed by atoms with Crippen molar-refractivity contribution in [3.8, 4) is 0 Å². The van der Waals surface area contributed by atoms with Gasteiger partial charge in [0.15, 0.2) is 5.78 Å². The number of nitrogens with zero attached hydrogens (tertiary/aromatic N) is 1. The second kappa shape index (κ2) is 8.37. The lowest BCUT2D eigenvalue weighted by atomic mass is 9.62. The Bertz CT molecular complexity index is 1130. The van der Waals surface area contributed by atoms with Crippen molar-refractivity contribution in [1.82, 2.24) is 4.90 Å². The van der Waals surface area contributed by atoms with E-state index in [1.54, 1.807) is 6.08 Å². The molecule has 34 heavy (non-hydrogen) atoms. The van der Waals surface area contributed by atoms with Crippen molar-refractivity contribution in [3.63, 3.8) is 0 Å². The van der Waals surface area contributed by atoms with Gasteiger partial charge in [0.1, 0.15) is 0 Å². The summed E-state index contributed by atoms with van der Waals surface area (Å²) in [5.41, 5.74) is 8.20. The molecule has 5 rings (SSSR count). The van der Waals surface area contributed by atoms with Gasteiger partial charge in [0.05, 0.1) is 13.2 Å². The minimum Gasteiger partial charge on any atom is -0.378 e. The number of ether oxygens (including phenoxy) is 1. The minimum absolute atomic E-state index is 0.0458. The van der Waals surface area contributed by atoms with Gasteiger partial charge in [-0.1, -0.05) is 64.1 Å². The third-order valence-corrected chi connectivity index (χ3v) is 8.65. The zero-order chi connectivity index (χ0) is 24.1. The fourth-order valence-electron chi connectivity index (χ4n) is 6.15. The van der Waals surface area contributed by atoms with Crippen LogP contribution in [0.25, 0.3) is 0 Å². The molecule has 180 valence electrons. The lowest BCUT2D eigenvalue weighted by Crippen LogP contribution is -2.34. The molecule has 0 aromatic heterocycles. The summed E-state index contributed by atoms with van der Waals surface area (Å²) in [5.74, 6) is 0.102. The third-order valence-electron chi connectivity index (χ3n) is 8.65. The molecule has 1 heterocycles. The van der Waals surface area contributed by atoms with E-state index in [0.29, 0.717) is 0 Å². The van der Waals surface area contributed by atoms with Crippen molar-refractivity contribution in [1.29, 1.82) is 0 Å². The predicted octanol–water partition coefficient (Wildman–Crippen LogP) is 6.45. The van der Waals surface area contributed by atoms with E-state index in [1.165, 1.54) is 40.7 Å². The molecule has 0 atom stereocenters. The van der Waals surface area contributed by atoms with Crippen LogP contribution in [0.4, 0.5) is 0 Å². The molecule has 2 fully saturated rings. The van der Waals surface area contributed by atoms with Gasteiger partial charge in [-0.05, 0) is 71.3 Å². The molecule has 0 radical (unpaired) electrons. The van der Waals surface area contributed by atoms with E-state index in [4.69, 9.17) is 4.74 Å². The van der Waals surface area contributed by atoms with E-state index in [0.717, 1.165) is 44.7 Å². The highest BCUT2D eigenvalue weighted by Gasteiger charge is 2.49. The number of benzene rings is 2. The first-order valence-electron chi connectivity index (χ1n) is 12.9. The highest BCUT2D eigenvalue weighted by atomic mass is 16.5. The maximum atomic E-state index is 13.4. The SMILES string of the molecule is Cc1cc2c(cc1C1(c3ccccc3C(=O)C=CN3CCOCC3)CC1)C(C)(C)CCC2(C)C. The second-order valence-corrected chi connectivity index (χ2v) is 11.9. The van der Waals surface area contributed by atoms with E-state index in [-0.39, 0.29) is 22.0 Å². The van der Waals surface area contributed by atoms with Crippen molar-refractivity contribution in [2.24, 2.45) is 0 Å². The number of aryl methyl sites for hydroxylation is 1. The Kier molecular flexibility index (Phi) is 5.75. The maximum Gasteiger partial charge on any atom is 0.187 e. The molecule has 0 spiro atoms. The van der Waals surface area contributed by atoms with Crippen molar-refractivity contribution in [3.05, 3.63) is 82.1 Å². The second-order valence-electron chi connectivity index (χ2n) is 11.9. The fraction of sp³-hybridized carbons (Fsp3) is 0.516. The zero-order valence-electron chi connectivity index (χ0n) is 21.5. The quantitative estimate of drug-likeness (QED) is 0.382. The molecule has 3 heteroatoms. The van der Waals surface area contributed by atoms with Crippen LogP contribution in [0, 0.1) is 6.92 Å². The van der Waals surface area contributed by atoms with E-state index >= 15 is 0 Å². The first-order valence-corrected chi connectivity index (χ1v) is 12.9. The van der Waals surface area contributed by atoms with Crippen LogP contribution < -0.4 is 0 Å². The Morgan fingerprint density at radius 1 is 0.853 bits per heavy atom. The molecule has 0 amide bonds. The topological polar surface area (TPSA) is 29.5 Å². The largest absolute Gasteiger partial charge is 0.378 e. The first kappa shape index (κ1) is 23.4. The summed E-state index contributed by atoms with van der Waals surface area (Å²) in [7, 11) is 0. The van der Waals surface area contributed by atoms with Gasteiger partial charge in [-0.3, -0.25) is 4.79 Å². The van der Waals surface area contributed by atoms with Gasteiger partial charge >= 0.3 is 0 Å². The van der Waals surface area contributed by atoms with Gasteiger partial charge in [-0.15, -0.1) is 0 Å². The molecule has 1 saturated heterocycles. The average molecular weight is 458 g/mol. The molecule has 3 nitrogen and oxygen atoms in total. The Morgan fingerprint density at radius 2 is 1.47 bits per heavy atom. The number of carbonyl (C=O) groups excluding carboxylic acids is 1. The molecule has 0 unspecified atom stereocenters. The third kappa shape index (κ3) is 4.02. The summed E-state index contributed by atoms with van der Waals surface area (Å²) in [6, 6.07) is 13.3. The molecule has 0 N–H and O–H groups in total. The Balaban J connectivity index is 1.54. The van der Waals surface area contributed by atoms with Gasteiger partial charge < -0.3 is 9.64 Å². The van der Waals surface area contributed by atoms with Crippen LogP contribution >= 0.6 is 0 Å². The van der Waals surface area contributed by atoms with Crippen LogP contribution in [0.5, 0.6) is 0 Å². The summed E-state index contributed by atoms with van der Waals surface area (Å²) >= 11 is 0. The lowest BCUT2D eigenvalue weighted by Gasteiger charge is -2.43. The molecule has 2 aromatic rings. The van der Waals surface area contributed by atoms with Crippen molar-refractivity contribution in [2.45, 2.75) is 76.5 Å². The molecule has 1 aliphatic heterocycles. The maximum absolute atomic E-state index is 13.4. The van der Waals surface area contributed by atoms with Gasteiger partial charge in [0.25, 0.3) is 0 Å². The number of hydrogen-bond acceptors (Lipinski definition) is 3. The van der Waals surface area contributed by atoms with Gasteiger partial charge in [0, 0.05) is 36.3 Å². The van der Waals surface area contributed by atoms with E-state index in [1.807, 2.05) is 18.3 Å². The van der Waals surface area contributed by atoms with Crippen LogP contribution in [-0.4, -0.2) is 37.0 Å². The average Bonchev–Trinajstić information content (AvgIpc) is 3.63. The first-order chi connectivity index (χ1) is 16.1. The summed E-state index contributed by atoms with van der Waals surface area (Å²) in [5, 5.41) is 0. The van der Waals surface area contributed by atoms with Crippen molar-refractivity contribution >= 4 is 5.78 Å². The summed E-state index contributed by atoms with van der Waals surface area (Å²) < 4.78 is 5.43. The van der Waals surface area contributed by atoms with Crippen LogP contribution in [0.1, 0.15) is 91.6 Å². The Labute approximate surface area is 205 Å². The smallest absolute Gasteiger partial charge is 0.187 e. The Morgan fingerprint density at radius 3 is 2.12 bits per heavy atom. The number of carbonyl (C=O) groups is 1. The molecule has 0 bridgehead atoms. The van der Waals surface area contributed by atoms with E-state index in [2.05, 4.69) is 63.8 Å². The molecule has 1 saturated carbocycles. The number of fused-ring (bicyclic) bond motifs is 1. The molecule has 2 aromatic carbocycles. The van der Waals surface area contributed by atoms with Crippen LogP contribution in [-0.2, 0) is 21.0 Å². The zero-order valence-corrected chi connectivity index (χ0v) is 21.5. The highest BCUT2D eigenvalue weighted by Crippen LogP contribution is 2.57. The number of hydrogen-bond donors (Lipinski definition) is 0.